The van der Waals surface area contributed by atoms with E-state index in [9.17, 15) is 9.90 Å². The Bertz CT molecular complexity index is 1060. The molecular weight excluding hydrogens is 330 g/mol. The molecule has 0 saturated carbocycles. The summed E-state index contributed by atoms with van der Waals surface area (Å²) < 4.78 is 0. The van der Waals surface area contributed by atoms with Crippen LogP contribution in [0.2, 0.25) is 0 Å². The van der Waals surface area contributed by atoms with Gasteiger partial charge in [-0.05, 0) is 19.9 Å². The van der Waals surface area contributed by atoms with Gasteiger partial charge in [-0.3, -0.25) is 0 Å². The molecule has 0 fully saturated rings. The van der Waals surface area contributed by atoms with E-state index in [2.05, 4.69) is 20.0 Å². The molecule has 0 aliphatic heterocycles. The molecule has 7 heteroatoms. The van der Waals surface area contributed by atoms with Gasteiger partial charge < -0.3 is 15.6 Å². The van der Waals surface area contributed by atoms with Crippen molar-refractivity contribution in [1.29, 1.82) is 0 Å². The largest absolute Gasteiger partial charge is 0.545 e. The van der Waals surface area contributed by atoms with Gasteiger partial charge in [0, 0.05) is 22.2 Å². The maximum absolute atomic E-state index is 11.2. The summed E-state index contributed by atoms with van der Waals surface area (Å²) in [5, 5.41) is 12.2. The van der Waals surface area contributed by atoms with Crippen LogP contribution in [-0.2, 0) is 0 Å². The quantitative estimate of drug-likeness (QED) is 0.573. The van der Waals surface area contributed by atoms with Crippen LogP contribution in [0.1, 0.15) is 28.5 Å². The first-order chi connectivity index (χ1) is 12.5. The summed E-state index contributed by atoms with van der Waals surface area (Å²) in [6, 6.07) is 14.0. The molecule has 130 valence electrons. The highest BCUT2D eigenvalue weighted by Gasteiger charge is 2.07. The minimum absolute atomic E-state index is 0.0411. The van der Waals surface area contributed by atoms with Gasteiger partial charge in [0.2, 0.25) is 5.96 Å². The molecule has 1 aromatic heterocycles. The van der Waals surface area contributed by atoms with E-state index in [0.29, 0.717) is 11.3 Å². The lowest BCUT2D eigenvalue weighted by Gasteiger charge is -2.09. The molecule has 2 aromatic carbocycles. The van der Waals surface area contributed by atoms with Crippen molar-refractivity contribution in [2.45, 2.75) is 13.8 Å². The van der Waals surface area contributed by atoms with Gasteiger partial charge in [0.05, 0.1) is 17.2 Å². The van der Waals surface area contributed by atoms with Crippen molar-refractivity contribution in [3.05, 3.63) is 65.4 Å². The summed E-state index contributed by atoms with van der Waals surface area (Å²) in [7, 11) is 0. The van der Waals surface area contributed by atoms with Crippen LogP contribution >= 0.6 is 0 Å². The van der Waals surface area contributed by atoms with E-state index >= 15 is 0 Å². The number of aromatic carboxylic acids is 1. The normalized spacial score (nSPS) is 12.4. The van der Waals surface area contributed by atoms with Gasteiger partial charge in [0.15, 0.2) is 0 Å². The summed E-state index contributed by atoms with van der Waals surface area (Å²) >= 11 is 0. The molecule has 0 spiro atoms. The highest BCUT2D eigenvalue weighted by Crippen LogP contribution is 2.18. The van der Waals surface area contributed by atoms with Crippen molar-refractivity contribution in [1.82, 2.24) is 9.97 Å². The Morgan fingerprint density at radius 1 is 1.04 bits per heavy atom. The average Bonchev–Trinajstić information content (AvgIpc) is 2.61. The van der Waals surface area contributed by atoms with Crippen LogP contribution in [0.15, 0.2) is 58.5 Å². The molecule has 2 N–H and O–H groups in total. The average molecular weight is 346 g/mol. The smallest absolute Gasteiger partial charge is 0.253 e. The number of carboxylic acids is 1. The molecule has 0 aliphatic carbocycles. The van der Waals surface area contributed by atoms with E-state index in [1.165, 1.54) is 6.07 Å². The van der Waals surface area contributed by atoms with E-state index < -0.39 is 5.97 Å². The van der Waals surface area contributed by atoms with Crippen LogP contribution in [0.3, 0.4) is 0 Å². The van der Waals surface area contributed by atoms with Gasteiger partial charge in [-0.25, -0.2) is 15.0 Å². The Balaban J connectivity index is 1.98. The Kier molecular flexibility index (Phi) is 4.70. The van der Waals surface area contributed by atoms with E-state index in [1.807, 2.05) is 31.2 Å². The summed E-state index contributed by atoms with van der Waals surface area (Å²) in [5.41, 5.74) is 8.29. The van der Waals surface area contributed by atoms with Crippen LogP contribution in [0.4, 0.5) is 5.95 Å². The van der Waals surface area contributed by atoms with Crippen molar-refractivity contribution in [3.63, 3.8) is 0 Å². The second-order valence-corrected chi connectivity index (χ2v) is 5.63. The maximum atomic E-state index is 11.2. The molecule has 26 heavy (non-hydrogen) atoms. The number of carbonyl (C=O) groups is 1. The van der Waals surface area contributed by atoms with Gasteiger partial charge in [0.1, 0.15) is 0 Å². The van der Waals surface area contributed by atoms with Crippen molar-refractivity contribution in [2.75, 3.05) is 0 Å². The molecular formula is C19H16N5O2-. The van der Waals surface area contributed by atoms with Crippen LogP contribution in [0, 0.1) is 6.92 Å². The third-order valence-corrected chi connectivity index (χ3v) is 3.82. The fourth-order valence-corrected chi connectivity index (χ4v) is 2.61. The summed E-state index contributed by atoms with van der Waals surface area (Å²) in [6.07, 6.45) is 0. The first kappa shape index (κ1) is 17.2. The molecule has 0 bridgehead atoms. The number of aryl methyl sites for hydroxylation is 1. The van der Waals surface area contributed by atoms with Crippen LogP contribution < -0.4 is 10.8 Å². The number of nitrogens with zero attached hydrogens (tertiary/aromatic N) is 4. The predicted octanol–water partition coefficient (Wildman–Crippen LogP) is 1.76. The first-order valence-corrected chi connectivity index (χ1v) is 7.89. The number of aliphatic imine (C=N–C) groups is 2. The SMILES string of the molecule is CC(=NC(N)=Nc1nc(C)c2ccccc2n1)c1ccccc1C(=O)[O-]. The van der Waals surface area contributed by atoms with E-state index in [1.54, 1.807) is 25.1 Å². The lowest BCUT2D eigenvalue weighted by atomic mass is 10.0. The zero-order valence-corrected chi connectivity index (χ0v) is 14.3. The second-order valence-electron chi connectivity index (χ2n) is 5.63. The van der Waals surface area contributed by atoms with Crippen molar-refractivity contribution in [3.8, 4) is 0 Å². The molecule has 3 rings (SSSR count). The standard InChI is InChI=1S/C19H17N5O2/c1-11(13-7-3-4-9-15(13)17(25)26)21-18(20)24-19-22-12(2)14-8-5-6-10-16(14)23-19/h3-10H,1-2H3,(H,25,26)(H2,20,22,23,24)/p-1. The fraction of sp³-hybridized carbons (Fsp3) is 0.105. The van der Waals surface area contributed by atoms with Gasteiger partial charge in [-0.2, -0.15) is 4.99 Å². The number of rotatable bonds is 3. The van der Waals surface area contributed by atoms with E-state index in [0.717, 1.165) is 16.6 Å². The topological polar surface area (TPSA) is 117 Å². The highest BCUT2D eigenvalue weighted by atomic mass is 16.4. The number of guanidine groups is 1. The Hall–Kier alpha value is -3.61. The van der Waals surface area contributed by atoms with Crippen molar-refractivity contribution in [2.24, 2.45) is 15.7 Å². The zero-order valence-electron chi connectivity index (χ0n) is 14.3. The number of nitrogens with two attached hydrogens (primary N) is 1. The van der Waals surface area contributed by atoms with E-state index in [4.69, 9.17) is 5.73 Å². The fourth-order valence-electron chi connectivity index (χ4n) is 2.61. The Labute approximate surface area is 150 Å². The third kappa shape index (κ3) is 3.56. The molecule has 7 nitrogen and oxygen atoms in total. The molecule has 3 aromatic rings. The summed E-state index contributed by atoms with van der Waals surface area (Å²) in [5.74, 6) is -1.15. The van der Waals surface area contributed by atoms with Gasteiger partial charge in [0.25, 0.3) is 5.95 Å². The van der Waals surface area contributed by atoms with Crippen molar-refractivity contribution < 1.29 is 9.90 Å². The monoisotopic (exact) mass is 346 g/mol. The van der Waals surface area contributed by atoms with Crippen molar-refractivity contribution >= 4 is 34.5 Å². The lowest BCUT2D eigenvalue weighted by molar-refractivity contribution is -0.255. The molecule has 0 radical (unpaired) electrons. The molecule has 0 unspecified atom stereocenters. The lowest BCUT2D eigenvalue weighted by Crippen LogP contribution is -2.25. The van der Waals surface area contributed by atoms with Crippen LogP contribution in [0.5, 0.6) is 0 Å². The number of hydrogen-bond donors (Lipinski definition) is 1. The second kappa shape index (κ2) is 7.10. The number of hydrogen-bond acceptors (Lipinski definition) is 5. The number of aromatic nitrogens is 2. The van der Waals surface area contributed by atoms with E-state index in [-0.39, 0.29) is 17.5 Å². The van der Waals surface area contributed by atoms with Gasteiger partial charge in [-0.15, -0.1) is 0 Å². The number of para-hydroxylation sites is 1. The molecule has 1 heterocycles. The summed E-state index contributed by atoms with van der Waals surface area (Å²) in [4.78, 5) is 28.2. The Morgan fingerprint density at radius 2 is 1.69 bits per heavy atom. The molecule has 0 atom stereocenters. The van der Waals surface area contributed by atoms with Crippen LogP contribution in [-0.4, -0.2) is 27.6 Å². The zero-order chi connectivity index (χ0) is 18.7. The first-order valence-electron chi connectivity index (χ1n) is 7.89. The minimum atomic E-state index is -1.28. The highest BCUT2D eigenvalue weighted by molar-refractivity contribution is 6.10. The number of carboxylic acid groups (broad SMARTS) is 1. The number of carbonyl (C=O) groups excluding carboxylic acids is 1. The summed E-state index contributed by atoms with van der Waals surface area (Å²) in [6.45, 7) is 3.51. The Morgan fingerprint density at radius 3 is 2.42 bits per heavy atom. The molecule has 0 saturated heterocycles. The predicted molar refractivity (Wildman–Crippen MR) is 98.5 cm³/mol. The molecule has 0 amide bonds. The number of benzene rings is 2. The minimum Gasteiger partial charge on any atom is -0.545 e. The van der Waals surface area contributed by atoms with Crippen LogP contribution in [0.25, 0.3) is 10.9 Å². The number of fused-ring (bicyclic) bond motifs is 1. The van der Waals surface area contributed by atoms with Gasteiger partial charge in [-0.1, -0.05) is 42.5 Å². The third-order valence-electron chi connectivity index (χ3n) is 3.82. The molecule has 0 aliphatic rings. The maximum Gasteiger partial charge on any atom is 0.253 e. The van der Waals surface area contributed by atoms with Gasteiger partial charge >= 0.3 is 0 Å².